The van der Waals surface area contributed by atoms with E-state index in [9.17, 15) is 4.79 Å². The molecule has 8 heteroatoms. The molecule has 0 fully saturated rings. The van der Waals surface area contributed by atoms with Crippen molar-refractivity contribution in [2.24, 2.45) is 10.1 Å². The van der Waals surface area contributed by atoms with Gasteiger partial charge in [0, 0.05) is 17.1 Å². The number of amides is 1. The van der Waals surface area contributed by atoms with Crippen LogP contribution in [0, 0.1) is 33.1 Å². The Balaban J connectivity index is 1.77. The van der Waals surface area contributed by atoms with E-state index in [2.05, 4.69) is 46.7 Å². The molecule has 4 rings (SSSR count). The number of amidine groups is 2. The van der Waals surface area contributed by atoms with Gasteiger partial charge in [-0.3, -0.25) is 10.2 Å². The Morgan fingerprint density at radius 3 is 2.45 bits per heavy atom. The van der Waals surface area contributed by atoms with E-state index in [1.165, 1.54) is 39.7 Å². The minimum absolute atomic E-state index is 0.0627. The van der Waals surface area contributed by atoms with Crippen molar-refractivity contribution in [3.8, 4) is 5.69 Å². The molecule has 1 aromatic heterocycles. The summed E-state index contributed by atoms with van der Waals surface area (Å²) in [5.74, 6) is -0.338. The van der Waals surface area contributed by atoms with Gasteiger partial charge in [0.15, 0.2) is 10.2 Å². The first-order chi connectivity index (χ1) is 13.8. The van der Waals surface area contributed by atoms with Crippen LogP contribution in [0.5, 0.6) is 0 Å². The average molecular weight is 424 g/mol. The van der Waals surface area contributed by atoms with E-state index >= 15 is 0 Å². The number of nitrogens with one attached hydrogen (secondary N) is 1. The molecule has 1 aromatic carbocycles. The molecule has 2 aliphatic heterocycles. The minimum Gasteiger partial charge on any atom is -0.318 e. The molecule has 2 aromatic rings. The van der Waals surface area contributed by atoms with Gasteiger partial charge in [0.2, 0.25) is 5.17 Å². The first kappa shape index (κ1) is 19.7. The Kier molecular flexibility index (Phi) is 5.00. The Morgan fingerprint density at radius 2 is 1.79 bits per heavy atom. The fraction of sp³-hybridized carbons (Fsp3) is 0.238. The van der Waals surface area contributed by atoms with Crippen LogP contribution in [0.2, 0.25) is 0 Å². The highest BCUT2D eigenvalue weighted by Gasteiger charge is 2.35. The number of carbonyl (C=O) groups excluding carboxylic acids is 1. The van der Waals surface area contributed by atoms with Crippen LogP contribution in [-0.4, -0.2) is 37.1 Å². The Bertz CT molecular complexity index is 1140. The van der Waals surface area contributed by atoms with Crippen LogP contribution in [0.3, 0.4) is 0 Å². The molecule has 1 N–H and O–H groups in total. The summed E-state index contributed by atoms with van der Waals surface area (Å²) in [6, 6.07) is 8.48. The molecule has 6 nitrogen and oxygen atoms in total. The Labute approximate surface area is 178 Å². The van der Waals surface area contributed by atoms with Crippen molar-refractivity contribution in [1.82, 2.24) is 9.58 Å². The van der Waals surface area contributed by atoms with Gasteiger partial charge in [-0.1, -0.05) is 6.07 Å². The van der Waals surface area contributed by atoms with Crippen LogP contribution in [0.1, 0.15) is 28.1 Å². The van der Waals surface area contributed by atoms with E-state index in [-0.39, 0.29) is 11.4 Å². The first-order valence-corrected chi connectivity index (χ1v) is 11.1. The topological polar surface area (TPSA) is 73.8 Å². The van der Waals surface area contributed by atoms with Gasteiger partial charge in [0.1, 0.15) is 0 Å². The number of hydrogen-bond acceptors (Lipinski definition) is 5. The van der Waals surface area contributed by atoms with Crippen LogP contribution in [-0.2, 0) is 4.79 Å². The largest absolute Gasteiger partial charge is 0.318 e. The SMILES string of the molecule is CSC1=NN2C(=N)C(=Cc3cc(C)n(-c4cc(C)cc(C)c4)c3C)C(=O)N=C2S1. The molecule has 1 amide bonds. The molecule has 0 aliphatic carbocycles. The van der Waals surface area contributed by atoms with Gasteiger partial charge in [-0.05, 0) is 86.7 Å². The molecule has 0 unspecified atom stereocenters. The average Bonchev–Trinajstić information content (AvgIpc) is 3.18. The minimum atomic E-state index is -0.400. The molecule has 29 heavy (non-hydrogen) atoms. The van der Waals surface area contributed by atoms with Crippen LogP contribution >= 0.6 is 23.5 Å². The zero-order chi connectivity index (χ0) is 20.9. The summed E-state index contributed by atoms with van der Waals surface area (Å²) in [6.07, 6.45) is 3.67. The van der Waals surface area contributed by atoms with Crippen molar-refractivity contribution >= 4 is 50.9 Å². The quantitative estimate of drug-likeness (QED) is 0.714. The summed E-state index contributed by atoms with van der Waals surface area (Å²) in [4.78, 5) is 16.7. The maximum absolute atomic E-state index is 12.6. The monoisotopic (exact) mass is 423 g/mol. The van der Waals surface area contributed by atoms with Gasteiger partial charge in [0.05, 0.1) is 5.57 Å². The number of hydrazone groups is 1. The van der Waals surface area contributed by atoms with Crippen molar-refractivity contribution in [3.63, 3.8) is 0 Å². The number of aliphatic imine (C=N–C) groups is 1. The second-order valence-electron chi connectivity index (χ2n) is 7.10. The van der Waals surface area contributed by atoms with Gasteiger partial charge in [0.25, 0.3) is 5.91 Å². The van der Waals surface area contributed by atoms with E-state index in [0.29, 0.717) is 5.17 Å². The summed E-state index contributed by atoms with van der Waals surface area (Å²) in [6.45, 7) is 8.24. The maximum atomic E-state index is 12.6. The summed E-state index contributed by atoms with van der Waals surface area (Å²) in [5.41, 5.74) is 6.73. The molecule has 148 valence electrons. The normalized spacial score (nSPS) is 17.7. The third kappa shape index (κ3) is 3.47. The number of nitrogens with zero attached hydrogens (tertiary/aromatic N) is 4. The summed E-state index contributed by atoms with van der Waals surface area (Å²) in [7, 11) is 0. The zero-order valence-corrected chi connectivity index (χ0v) is 18.5. The highest BCUT2D eigenvalue weighted by Crippen LogP contribution is 2.32. The lowest BCUT2D eigenvalue weighted by molar-refractivity contribution is -0.114. The van der Waals surface area contributed by atoms with Crippen LogP contribution in [0.25, 0.3) is 11.8 Å². The predicted octanol–water partition coefficient (Wildman–Crippen LogP) is 4.65. The second kappa shape index (κ2) is 7.35. The van der Waals surface area contributed by atoms with Crippen molar-refractivity contribution < 1.29 is 4.79 Å². The van der Waals surface area contributed by atoms with Gasteiger partial charge < -0.3 is 4.57 Å². The molecule has 0 radical (unpaired) electrons. The molecule has 0 bridgehead atoms. The van der Waals surface area contributed by atoms with Gasteiger partial charge in [-0.25, -0.2) is 0 Å². The first-order valence-electron chi connectivity index (χ1n) is 9.10. The number of thioether (sulfide) groups is 2. The standard InChI is InChI=1S/C21H21N5OS2/c1-11-6-12(2)8-16(7-11)25-13(3)9-15(14(25)4)10-17-18(22)26-20(23-19(17)27)29-21(24-26)28-5/h6-10,22H,1-5H3. The number of hydrogen-bond donors (Lipinski definition) is 1. The Hall–Kier alpha value is -2.58. The number of fused-ring (bicyclic) bond motifs is 1. The van der Waals surface area contributed by atoms with Crippen molar-refractivity contribution in [3.05, 3.63) is 57.9 Å². The number of benzene rings is 1. The van der Waals surface area contributed by atoms with Crippen LogP contribution in [0.4, 0.5) is 0 Å². The van der Waals surface area contributed by atoms with E-state index in [1.54, 1.807) is 6.08 Å². The van der Waals surface area contributed by atoms with Gasteiger partial charge in [-0.2, -0.15) is 10.0 Å². The molecular weight excluding hydrogens is 402 g/mol. The Morgan fingerprint density at radius 1 is 1.10 bits per heavy atom. The summed E-state index contributed by atoms with van der Waals surface area (Å²) >= 11 is 2.79. The highest BCUT2D eigenvalue weighted by molar-refractivity contribution is 8.45. The second-order valence-corrected chi connectivity index (χ2v) is 9.11. The van der Waals surface area contributed by atoms with E-state index < -0.39 is 5.91 Å². The number of rotatable bonds is 2. The molecule has 0 saturated carbocycles. The number of aryl methyl sites for hydroxylation is 3. The smallest absolute Gasteiger partial charge is 0.283 e. The predicted molar refractivity (Wildman–Crippen MR) is 123 cm³/mol. The molecule has 2 aliphatic rings. The zero-order valence-electron chi connectivity index (χ0n) is 16.9. The van der Waals surface area contributed by atoms with Crippen LogP contribution < -0.4 is 0 Å². The fourth-order valence-corrected chi connectivity index (χ4v) is 4.97. The van der Waals surface area contributed by atoms with Crippen LogP contribution in [0.15, 0.2) is 39.9 Å². The fourth-order valence-electron chi connectivity index (χ4n) is 3.62. The third-order valence-electron chi connectivity index (χ3n) is 4.85. The van der Waals surface area contributed by atoms with Crippen molar-refractivity contribution in [1.29, 1.82) is 5.41 Å². The molecular formula is C21H21N5OS2. The van der Waals surface area contributed by atoms with E-state index in [0.717, 1.165) is 27.0 Å². The maximum Gasteiger partial charge on any atom is 0.283 e. The van der Waals surface area contributed by atoms with Crippen molar-refractivity contribution in [2.75, 3.05) is 6.26 Å². The third-order valence-corrected chi connectivity index (χ3v) is 6.73. The summed E-state index contributed by atoms with van der Waals surface area (Å²) < 4.78 is 2.95. The molecule has 0 spiro atoms. The lowest BCUT2D eigenvalue weighted by atomic mass is 10.1. The summed E-state index contributed by atoms with van der Waals surface area (Å²) in [5, 5.41) is 14.7. The number of carbonyl (C=O) groups is 1. The van der Waals surface area contributed by atoms with E-state index in [1.807, 2.05) is 26.2 Å². The lowest BCUT2D eigenvalue weighted by Crippen LogP contribution is -2.35. The highest BCUT2D eigenvalue weighted by atomic mass is 32.2. The van der Waals surface area contributed by atoms with Gasteiger partial charge >= 0.3 is 0 Å². The molecule has 3 heterocycles. The van der Waals surface area contributed by atoms with E-state index in [4.69, 9.17) is 5.41 Å². The molecule has 0 atom stereocenters. The number of aromatic nitrogens is 1. The van der Waals surface area contributed by atoms with Crippen molar-refractivity contribution in [2.45, 2.75) is 27.7 Å². The molecule has 0 saturated heterocycles. The lowest BCUT2D eigenvalue weighted by Gasteiger charge is -2.20. The van der Waals surface area contributed by atoms with Gasteiger partial charge in [-0.15, -0.1) is 16.9 Å².